The SMILES string of the molecule is CN(C)NC(=O)C(=O)c1cn(C)c2cc(Cl)c(C(=O)N3CCC(CC4C=CC(F)=CC4)CC3)cc12. The van der Waals surface area contributed by atoms with Gasteiger partial charge in [0, 0.05) is 45.8 Å². The Hall–Kier alpha value is -2.97. The maximum Gasteiger partial charge on any atom is 0.306 e. The van der Waals surface area contributed by atoms with Gasteiger partial charge in [-0.3, -0.25) is 19.8 Å². The fourth-order valence-corrected chi connectivity index (χ4v) is 5.15. The van der Waals surface area contributed by atoms with Gasteiger partial charge in [0.25, 0.3) is 11.7 Å². The van der Waals surface area contributed by atoms with Gasteiger partial charge >= 0.3 is 5.91 Å². The first-order valence-electron chi connectivity index (χ1n) is 11.8. The van der Waals surface area contributed by atoms with Crippen molar-refractivity contribution in [2.75, 3.05) is 27.2 Å². The lowest BCUT2D eigenvalue weighted by Gasteiger charge is -2.33. The second-order valence-electron chi connectivity index (χ2n) is 9.58. The number of hydrogen-bond donors (Lipinski definition) is 1. The lowest BCUT2D eigenvalue weighted by Crippen LogP contribution is -2.40. The molecule has 1 N–H and O–H groups in total. The van der Waals surface area contributed by atoms with Crippen molar-refractivity contribution in [3.05, 3.63) is 58.5 Å². The summed E-state index contributed by atoms with van der Waals surface area (Å²) in [4.78, 5) is 40.2. The van der Waals surface area contributed by atoms with E-state index < -0.39 is 11.7 Å². The van der Waals surface area contributed by atoms with E-state index in [0.717, 1.165) is 25.7 Å². The molecule has 1 aliphatic carbocycles. The van der Waals surface area contributed by atoms with E-state index in [1.807, 2.05) is 6.08 Å². The highest BCUT2D eigenvalue weighted by molar-refractivity contribution is 6.45. The highest BCUT2D eigenvalue weighted by Gasteiger charge is 2.28. The number of nitrogens with zero attached hydrogens (tertiary/aromatic N) is 3. The summed E-state index contributed by atoms with van der Waals surface area (Å²) < 4.78 is 14.9. The van der Waals surface area contributed by atoms with E-state index in [2.05, 4.69) is 5.43 Å². The third kappa shape index (κ3) is 5.49. The van der Waals surface area contributed by atoms with Crippen molar-refractivity contribution in [3.8, 4) is 0 Å². The molecule has 1 aromatic heterocycles. The van der Waals surface area contributed by atoms with Crippen molar-refractivity contribution in [1.29, 1.82) is 0 Å². The molecule has 9 heteroatoms. The summed E-state index contributed by atoms with van der Waals surface area (Å²) in [6, 6.07) is 3.29. The zero-order chi connectivity index (χ0) is 25.3. The van der Waals surface area contributed by atoms with Gasteiger partial charge in [0.15, 0.2) is 0 Å². The molecule has 0 radical (unpaired) electrons. The predicted molar refractivity (Wildman–Crippen MR) is 134 cm³/mol. The lowest BCUT2D eigenvalue weighted by molar-refractivity contribution is -0.120. The average Bonchev–Trinajstić information content (AvgIpc) is 3.14. The summed E-state index contributed by atoms with van der Waals surface area (Å²) in [5.74, 6) is -0.960. The minimum atomic E-state index is -0.751. The Bertz CT molecular complexity index is 1220. The molecule has 2 aliphatic rings. The molecule has 0 bridgehead atoms. The zero-order valence-electron chi connectivity index (χ0n) is 20.2. The number of allylic oxidation sites excluding steroid dienone is 4. The van der Waals surface area contributed by atoms with Crippen LogP contribution < -0.4 is 5.43 Å². The Balaban J connectivity index is 1.49. The van der Waals surface area contributed by atoms with E-state index in [1.165, 1.54) is 11.1 Å². The molecule has 7 nitrogen and oxygen atoms in total. The molecule has 1 saturated heterocycles. The lowest BCUT2D eigenvalue weighted by atomic mass is 9.84. The highest BCUT2D eigenvalue weighted by Crippen LogP contribution is 2.32. The number of benzene rings is 1. The normalized spacial score (nSPS) is 18.7. The summed E-state index contributed by atoms with van der Waals surface area (Å²) in [6.07, 6.45) is 10.2. The van der Waals surface area contributed by atoms with Gasteiger partial charge in [0.1, 0.15) is 5.83 Å². The minimum Gasteiger partial charge on any atom is -0.350 e. The fraction of sp³-hybridized carbons (Fsp3) is 0.423. The van der Waals surface area contributed by atoms with E-state index in [1.54, 1.807) is 55.0 Å². The molecule has 0 saturated carbocycles. The molecule has 1 aliphatic heterocycles. The van der Waals surface area contributed by atoms with E-state index >= 15 is 0 Å². The molecule has 186 valence electrons. The number of aryl methyl sites for hydroxylation is 1. The Morgan fingerprint density at radius 2 is 1.89 bits per heavy atom. The first-order valence-corrected chi connectivity index (χ1v) is 12.2. The minimum absolute atomic E-state index is 0.169. The molecule has 1 atom stereocenters. The van der Waals surface area contributed by atoms with Crippen molar-refractivity contribution in [3.63, 3.8) is 0 Å². The van der Waals surface area contributed by atoms with Crippen LogP contribution in [0, 0.1) is 11.8 Å². The average molecular weight is 501 g/mol. The molecular weight excluding hydrogens is 471 g/mol. The second-order valence-corrected chi connectivity index (χ2v) is 9.99. The summed E-state index contributed by atoms with van der Waals surface area (Å²) in [7, 11) is 5.00. The van der Waals surface area contributed by atoms with Gasteiger partial charge in [-0.25, -0.2) is 9.40 Å². The van der Waals surface area contributed by atoms with Crippen LogP contribution in [0.2, 0.25) is 5.02 Å². The van der Waals surface area contributed by atoms with Crippen LogP contribution in [0.3, 0.4) is 0 Å². The van der Waals surface area contributed by atoms with Crippen LogP contribution >= 0.6 is 11.6 Å². The second kappa shape index (κ2) is 10.3. The monoisotopic (exact) mass is 500 g/mol. The topological polar surface area (TPSA) is 74.6 Å². The third-order valence-electron chi connectivity index (χ3n) is 6.77. The number of aromatic nitrogens is 1. The van der Waals surface area contributed by atoms with Crippen molar-refractivity contribution in [1.82, 2.24) is 19.9 Å². The van der Waals surface area contributed by atoms with E-state index in [0.29, 0.717) is 46.4 Å². The Kier molecular flexibility index (Phi) is 7.42. The number of carbonyl (C=O) groups is 3. The molecule has 2 amide bonds. The van der Waals surface area contributed by atoms with Gasteiger partial charge in [-0.2, -0.15) is 0 Å². The number of piperidine rings is 1. The van der Waals surface area contributed by atoms with E-state index in [4.69, 9.17) is 11.6 Å². The molecule has 0 spiro atoms. The zero-order valence-corrected chi connectivity index (χ0v) is 20.9. The number of likely N-dealkylation sites (tertiary alicyclic amines) is 1. The molecule has 1 fully saturated rings. The number of halogens is 2. The molecule has 35 heavy (non-hydrogen) atoms. The number of hydrazine groups is 1. The summed E-state index contributed by atoms with van der Waals surface area (Å²) in [5, 5.41) is 2.22. The van der Waals surface area contributed by atoms with Gasteiger partial charge in [-0.15, -0.1) is 0 Å². The number of fused-ring (bicyclic) bond motifs is 1. The molecule has 1 aromatic carbocycles. The van der Waals surface area contributed by atoms with Gasteiger partial charge in [0.2, 0.25) is 0 Å². The number of rotatable bonds is 6. The maximum absolute atomic E-state index is 13.4. The standard InChI is InChI=1S/C26H30ClFN4O3/c1-30(2)29-25(34)24(33)21-15-31(3)23-14-22(27)20(13-19(21)23)26(35)32-10-8-17(9-11-32)12-16-4-6-18(28)7-5-16/h4,6-7,13-17H,5,8-12H2,1-3H3,(H,29,34). The van der Waals surface area contributed by atoms with Crippen molar-refractivity contribution in [2.24, 2.45) is 18.9 Å². The third-order valence-corrected chi connectivity index (χ3v) is 7.08. The van der Waals surface area contributed by atoms with E-state index in [9.17, 15) is 18.8 Å². The summed E-state index contributed by atoms with van der Waals surface area (Å²) in [5.41, 5.74) is 3.66. The number of nitrogens with one attached hydrogen (secondary N) is 1. The Morgan fingerprint density at radius 1 is 1.17 bits per heavy atom. The Labute approximate surface area is 209 Å². The fourth-order valence-electron chi connectivity index (χ4n) is 4.91. The molecule has 4 rings (SSSR count). The molecule has 2 aromatic rings. The first kappa shape index (κ1) is 25.1. The number of carbonyl (C=O) groups excluding carboxylic acids is 3. The van der Waals surface area contributed by atoms with Gasteiger partial charge in [-0.1, -0.05) is 17.7 Å². The number of hydrogen-bond acceptors (Lipinski definition) is 4. The van der Waals surface area contributed by atoms with Crippen LogP contribution in [0.1, 0.15) is 46.4 Å². The summed E-state index contributed by atoms with van der Waals surface area (Å²) >= 11 is 6.50. The van der Waals surface area contributed by atoms with Crippen molar-refractivity contribution >= 4 is 40.1 Å². The van der Waals surface area contributed by atoms with Gasteiger partial charge < -0.3 is 9.47 Å². The quantitative estimate of drug-likeness (QED) is 0.365. The van der Waals surface area contributed by atoms with Crippen LogP contribution in [0.5, 0.6) is 0 Å². The predicted octanol–water partition coefficient (Wildman–Crippen LogP) is 4.28. The van der Waals surface area contributed by atoms with Gasteiger partial charge in [-0.05, 0) is 61.8 Å². The maximum atomic E-state index is 13.4. The smallest absolute Gasteiger partial charge is 0.306 e. The Morgan fingerprint density at radius 3 is 2.51 bits per heavy atom. The highest BCUT2D eigenvalue weighted by atomic mass is 35.5. The number of amides is 2. The van der Waals surface area contributed by atoms with E-state index in [-0.39, 0.29) is 17.3 Å². The number of ketones is 1. The van der Waals surface area contributed by atoms with Crippen LogP contribution in [0.25, 0.3) is 10.9 Å². The van der Waals surface area contributed by atoms with Crippen molar-refractivity contribution in [2.45, 2.75) is 25.7 Å². The van der Waals surface area contributed by atoms with Crippen LogP contribution in [-0.2, 0) is 11.8 Å². The number of Topliss-reactive ketones (excluding diaryl/α,β-unsaturated/α-hetero) is 1. The largest absolute Gasteiger partial charge is 0.350 e. The molecular formula is C26H30ClFN4O3. The van der Waals surface area contributed by atoms with Crippen LogP contribution in [0.15, 0.2) is 42.4 Å². The van der Waals surface area contributed by atoms with Gasteiger partial charge in [0.05, 0.1) is 21.7 Å². The van der Waals surface area contributed by atoms with Crippen molar-refractivity contribution < 1.29 is 18.8 Å². The van der Waals surface area contributed by atoms with Crippen LogP contribution in [-0.4, -0.2) is 59.3 Å². The van der Waals surface area contributed by atoms with Crippen LogP contribution in [0.4, 0.5) is 4.39 Å². The molecule has 1 unspecified atom stereocenters. The summed E-state index contributed by atoms with van der Waals surface area (Å²) in [6.45, 7) is 1.23. The molecule has 2 heterocycles. The first-order chi connectivity index (χ1) is 16.6.